The number of hydrogen-bond donors (Lipinski definition) is 4. The van der Waals surface area contributed by atoms with Crippen molar-refractivity contribution >= 4 is 41.0 Å². The molecule has 1 unspecified atom stereocenters. The van der Waals surface area contributed by atoms with Crippen molar-refractivity contribution in [2.45, 2.75) is 38.9 Å². The summed E-state index contributed by atoms with van der Waals surface area (Å²) < 4.78 is 0. The van der Waals surface area contributed by atoms with Crippen LogP contribution in [0.5, 0.6) is 0 Å². The van der Waals surface area contributed by atoms with Gasteiger partial charge in [0.1, 0.15) is 6.04 Å². The Balaban J connectivity index is 1.33. The van der Waals surface area contributed by atoms with Gasteiger partial charge in [0.05, 0.1) is 0 Å². The molecule has 6 amide bonds. The lowest BCUT2D eigenvalue weighted by molar-refractivity contribution is -0.137. The molecule has 2 aromatic rings. The normalized spacial score (nSPS) is 17.3. The van der Waals surface area contributed by atoms with E-state index in [4.69, 9.17) is 0 Å². The molecule has 10 heteroatoms. The molecule has 10 nitrogen and oxygen atoms in total. The van der Waals surface area contributed by atoms with Crippen LogP contribution in [0.15, 0.2) is 42.5 Å². The fraction of sp³-hybridized carbons (Fsp3) is 0.261. The Bertz CT molecular complexity index is 1140. The highest BCUT2D eigenvalue weighted by atomic mass is 16.2. The number of anilines is 2. The van der Waals surface area contributed by atoms with Crippen LogP contribution in [-0.2, 0) is 27.5 Å². The number of carbonyl (C=O) groups excluding carboxylic acids is 5. The fourth-order valence-electron chi connectivity index (χ4n) is 3.94. The minimum absolute atomic E-state index is 0.176. The molecule has 33 heavy (non-hydrogen) atoms. The maximum atomic E-state index is 12.7. The summed E-state index contributed by atoms with van der Waals surface area (Å²) in [6.45, 7) is 1.94. The molecule has 1 saturated heterocycles. The van der Waals surface area contributed by atoms with Crippen molar-refractivity contribution in [3.63, 3.8) is 0 Å². The van der Waals surface area contributed by atoms with Gasteiger partial charge >= 0.3 is 6.03 Å². The van der Waals surface area contributed by atoms with Gasteiger partial charge in [0.15, 0.2) is 0 Å². The molecule has 0 aliphatic carbocycles. The summed E-state index contributed by atoms with van der Waals surface area (Å²) in [4.78, 5) is 61.1. The summed E-state index contributed by atoms with van der Waals surface area (Å²) in [5, 5.41) is 10.4. The Morgan fingerprint density at radius 1 is 1.03 bits per heavy atom. The number of nitrogens with zero attached hydrogens (tertiary/aromatic N) is 1. The third kappa shape index (κ3) is 5.00. The van der Waals surface area contributed by atoms with Gasteiger partial charge < -0.3 is 20.9 Å². The predicted octanol–water partition coefficient (Wildman–Crippen LogP) is 1.73. The maximum absolute atomic E-state index is 12.7. The Morgan fingerprint density at radius 2 is 1.73 bits per heavy atom. The quantitative estimate of drug-likeness (QED) is 0.515. The minimum Gasteiger partial charge on any atom is -0.334 e. The molecule has 2 aromatic carbocycles. The second kappa shape index (κ2) is 9.11. The standard InChI is InChI=1S/C23H23N5O5/c1-13(29)25-16-3-5-17(6-4-16)26-23(33)24-11-14-2-7-18-15(10-14)12-28(22(18)32)19-8-9-20(30)27-21(19)31/h2-7,10,19H,8-9,11-12H2,1H3,(H,25,29)(H2,24,26,33)(H,27,30,31). The van der Waals surface area contributed by atoms with Gasteiger partial charge in [-0.15, -0.1) is 0 Å². The van der Waals surface area contributed by atoms with Crippen molar-refractivity contribution in [1.29, 1.82) is 0 Å². The third-order valence-corrected chi connectivity index (χ3v) is 5.50. The van der Waals surface area contributed by atoms with Crippen LogP contribution in [0.2, 0.25) is 0 Å². The Hall–Kier alpha value is -4.21. The van der Waals surface area contributed by atoms with Crippen molar-refractivity contribution in [3.8, 4) is 0 Å². The maximum Gasteiger partial charge on any atom is 0.319 e. The number of fused-ring (bicyclic) bond motifs is 1. The number of nitrogens with one attached hydrogen (secondary N) is 4. The molecule has 0 saturated carbocycles. The van der Waals surface area contributed by atoms with Gasteiger partial charge in [-0.3, -0.25) is 24.5 Å². The van der Waals surface area contributed by atoms with E-state index in [-0.39, 0.29) is 37.2 Å². The first-order valence-electron chi connectivity index (χ1n) is 10.5. The zero-order valence-corrected chi connectivity index (χ0v) is 17.9. The van der Waals surface area contributed by atoms with Crippen LogP contribution in [-0.4, -0.2) is 40.6 Å². The molecule has 2 aliphatic heterocycles. The average Bonchev–Trinajstić information content (AvgIpc) is 3.09. The lowest BCUT2D eigenvalue weighted by Crippen LogP contribution is -2.52. The van der Waals surface area contributed by atoms with E-state index in [9.17, 15) is 24.0 Å². The Labute approximate surface area is 189 Å². The number of piperidine rings is 1. The fourth-order valence-corrected chi connectivity index (χ4v) is 3.94. The first-order valence-corrected chi connectivity index (χ1v) is 10.5. The summed E-state index contributed by atoms with van der Waals surface area (Å²) in [7, 11) is 0. The molecule has 1 fully saturated rings. The molecule has 4 N–H and O–H groups in total. The van der Waals surface area contributed by atoms with Crippen molar-refractivity contribution in [2.24, 2.45) is 0 Å². The SMILES string of the molecule is CC(=O)Nc1ccc(NC(=O)NCc2ccc3c(c2)CN(C2CCC(=O)NC2=O)C3=O)cc1. The Morgan fingerprint density at radius 3 is 2.39 bits per heavy atom. The van der Waals surface area contributed by atoms with Crippen molar-refractivity contribution in [1.82, 2.24) is 15.5 Å². The van der Waals surface area contributed by atoms with Crippen LogP contribution >= 0.6 is 0 Å². The van der Waals surface area contributed by atoms with Crippen LogP contribution in [0.25, 0.3) is 0 Å². The molecule has 170 valence electrons. The number of urea groups is 1. The van der Waals surface area contributed by atoms with E-state index in [1.54, 1.807) is 36.4 Å². The predicted molar refractivity (Wildman–Crippen MR) is 119 cm³/mol. The first-order chi connectivity index (χ1) is 15.8. The van der Waals surface area contributed by atoms with Gasteiger partial charge in [0.25, 0.3) is 5.91 Å². The van der Waals surface area contributed by atoms with E-state index >= 15 is 0 Å². The first kappa shape index (κ1) is 22.0. The second-order valence-corrected chi connectivity index (χ2v) is 7.96. The third-order valence-electron chi connectivity index (χ3n) is 5.50. The van der Waals surface area contributed by atoms with E-state index in [0.29, 0.717) is 23.4 Å². The van der Waals surface area contributed by atoms with Crippen molar-refractivity contribution in [2.75, 3.05) is 10.6 Å². The summed E-state index contributed by atoms with van der Waals surface area (Å²) in [6.07, 6.45) is 0.515. The van der Waals surface area contributed by atoms with Gasteiger partial charge in [-0.05, 0) is 47.9 Å². The van der Waals surface area contributed by atoms with Crippen molar-refractivity contribution in [3.05, 3.63) is 59.2 Å². The molecule has 0 aromatic heterocycles. The van der Waals surface area contributed by atoms with Crippen LogP contribution < -0.4 is 21.3 Å². The molecule has 0 spiro atoms. The van der Waals surface area contributed by atoms with E-state index in [1.165, 1.54) is 11.8 Å². The van der Waals surface area contributed by atoms with Crippen LogP contribution in [0.1, 0.15) is 41.3 Å². The van der Waals surface area contributed by atoms with Gasteiger partial charge in [-0.1, -0.05) is 12.1 Å². The molecule has 0 radical (unpaired) electrons. The molecule has 2 heterocycles. The molecule has 4 rings (SSSR count). The minimum atomic E-state index is -0.660. The molecular weight excluding hydrogens is 426 g/mol. The van der Waals surface area contributed by atoms with E-state index < -0.39 is 18.0 Å². The number of hydrogen-bond acceptors (Lipinski definition) is 5. The lowest BCUT2D eigenvalue weighted by atomic mass is 10.0. The molecule has 1 atom stereocenters. The van der Waals surface area contributed by atoms with Crippen molar-refractivity contribution < 1.29 is 24.0 Å². The number of benzene rings is 2. The second-order valence-electron chi connectivity index (χ2n) is 7.96. The highest BCUT2D eigenvalue weighted by Crippen LogP contribution is 2.28. The number of rotatable bonds is 5. The summed E-state index contributed by atoms with van der Waals surface area (Å²) in [5.41, 5.74) is 3.31. The zero-order chi connectivity index (χ0) is 23.5. The van der Waals surface area contributed by atoms with Crippen LogP contribution in [0.3, 0.4) is 0 Å². The summed E-state index contributed by atoms with van der Waals surface area (Å²) in [5.74, 6) is -1.18. The zero-order valence-electron chi connectivity index (χ0n) is 17.9. The lowest BCUT2D eigenvalue weighted by Gasteiger charge is -2.29. The highest BCUT2D eigenvalue weighted by molar-refractivity contribution is 6.05. The van der Waals surface area contributed by atoms with Gasteiger partial charge in [-0.2, -0.15) is 0 Å². The molecular formula is C23H23N5O5. The summed E-state index contributed by atoms with van der Waals surface area (Å²) in [6, 6.07) is 10.9. The number of amides is 6. The monoisotopic (exact) mass is 449 g/mol. The van der Waals surface area contributed by atoms with Gasteiger partial charge in [-0.25, -0.2) is 4.79 Å². The average molecular weight is 449 g/mol. The van der Waals surface area contributed by atoms with E-state index in [1.807, 2.05) is 6.07 Å². The van der Waals surface area contributed by atoms with E-state index in [0.717, 1.165) is 11.1 Å². The van der Waals surface area contributed by atoms with Crippen LogP contribution in [0, 0.1) is 0 Å². The molecule has 0 bridgehead atoms. The largest absolute Gasteiger partial charge is 0.334 e. The van der Waals surface area contributed by atoms with Gasteiger partial charge in [0, 0.05) is 43.4 Å². The number of carbonyl (C=O) groups is 5. The smallest absolute Gasteiger partial charge is 0.319 e. The molecule has 2 aliphatic rings. The topological polar surface area (TPSA) is 137 Å². The van der Waals surface area contributed by atoms with Gasteiger partial charge in [0.2, 0.25) is 17.7 Å². The highest BCUT2D eigenvalue weighted by Gasteiger charge is 2.39. The Kier molecular flexibility index (Phi) is 6.07. The van der Waals surface area contributed by atoms with E-state index in [2.05, 4.69) is 21.3 Å². The number of imide groups is 1. The van der Waals surface area contributed by atoms with Crippen LogP contribution in [0.4, 0.5) is 16.2 Å². The summed E-state index contributed by atoms with van der Waals surface area (Å²) >= 11 is 0.